The van der Waals surface area contributed by atoms with Crippen LogP contribution in [0.3, 0.4) is 0 Å². The van der Waals surface area contributed by atoms with Gasteiger partial charge in [-0.25, -0.2) is 0 Å². The predicted octanol–water partition coefficient (Wildman–Crippen LogP) is -1.69. The van der Waals surface area contributed by atoms with Crippen LogP contribution in [0.5, 0.6) is 0 Å². The largest absolute Gasteiger partial charge is 0.481 e. The van der Waals surface area contributed by atoms with Crippen LogP contribution in [0.2, 0.25) is 0 Å². The van der Waals surface area contributed by atoms with Crippen molar-refractivity contribution in [3.63, 3.8) is 0 Å². The second-order valence-corrected chi connectivity index (χ2v) is 8.02. The molecular weight excluding hydrogens is 464 g/mol. The average Bonchev–Trinajstić information content (AvgIpc) is 2.71. The average molecular weight is 493 g/mol. The van der Waals surface area contributed by atoms with Crippen LogP contribution in [0.25, 0.3) is 0 Å². The number of rotatable bonds is 8. The number of hydrogen-bond acceptors (Lipinski definition) is 8. The summed E-state index contributed by atoms with van der Waals surface area (Å²) in [7, 11) is 0. The van der Waals surface area contributed by atoms with E-state index < -0.39 is 59.7 Å². The summed E-state index contributed by atoms with van der Waals surface area (Å²) in [5.41, 5.74) is 0. The number of amides is 4. The molecule has 0 aromatic carbocycles. The highest BCUT2D eigenvalue weighted by molar-refractivity contribution is 7.80. The Labute approximate surface area is 195 Å². The van der Waals surface area contributed by atoms with Crippen LogP contribution in [0.15, 0.2) is 0 Å². The molecule has 0 spiro atoms. The molecule has 1 fully saturated rings. The van der Waals surface area contributed by atoms with E-state index >= 15 is 0 Å². The topological polar surface area (TPSA) is 191 Å². The highest BCUT2D eigenvalue weighted by Gasteiger charge is 2.29. The van der Waals surface area contributed by atoms with Gasteiger partial charge in [0.25, 0.3) is 0 Å². The molecule has 1 aliphatic rings. The van der Waals surface area contributed by atoms with Crippen molar-refractivity contribution in [3.05, 3.63) is 0 Å². The van der Waals surface area contributed by atoms with E-state index in [-0.39, 0.29) is 50.0 Å². The van der Waals surface area contributed by atoms with Gasteiger partial charge in [0.15, 0.2) is 0 Å². The molecule has 180 valence electrons. The van der Waals surface area contributed by atoms with E-state index in [1.165, 1.54) is 0 Å². The van der Waals surface area contributed by atoms with E-state index in [2.05, 4.69) is 46.5 Å². The molecule has 12 nitrogen and oxygen atoms in total. The lowest BCUT2D eigenvalue weighted by molar-refractivity contribution is -0.138. The molecule has 0 aromatic rings. The van der Waals surface area contributed by atoms with Crippen molar-refractivity contribution in [2.75, 3.05) is 11.5 Å². The van der Waals surface area contributed by atoms with Gasteiger partial charge in [-0.15, -0.1) is 0 Å². The van der Waals surface area contributed by atoms with E-state index in [1.807, 2.05) is 0 Å². The minimum Gasteiger partial charge on any atom is -0.481 e. The van der Waals surface area contributed by atoms with Crippen molar-refractivity contribution >= 4 is 60.8 Å². The highest BCUT2D eigenvalue weighted by Crippen LogP contribution is 2.08. The van der Waals surface area contributed by atoms with Crippen molar-refractivity contribution in [2.24, 2.45) is 0 Å². The van der Waals surface area contributed by atoms with Gasteiger partial charge in [-0.05, 0) is 12.8 Å². The summed E-state index contributed by atoms with van der Waals surface area (Å²) in [6.45, 7) is 0. The van der Waals surface area contributed by atoms with Crippen molar-refractivity contribution in [3.8, 4) is 0 Å². The van der Waals surface area contributed by atoms with Crippen molar-refractivity contribution < 1.29 is 39.0 Å². The van der Waals surface area contributed by atoms with Gasteiger partial charge in [0.05, 0.1) is 0 Å². The zero-order valence-corrected chi connectivity index (χ0v) is 19.0. The van der Waals surface area contributed by atoms with E-state index in [0.717, 1.165) is 0 Å². The monoisotopic (exact) mass is 492 g/mol. The summed E-state index contributed by atoms with van der Waals surface area (Å²) >= 11 is 8.10. The summed E-state index contributed by atoms with van der Waals surface area (Å²) in [4.78, 5) is 71.9. The summed E-state index contributed by atoms with van der Waals surface area (Å²) in [5, 5.41) is 27.9. The molecule has 1 unspecified atom stereocenters. The van der Waals surface area contributed by atoms with Crippen LogP contribution in [0.4, 0.5) is 0 Å². The maximum atomic E-state index is 12.6. The van der Waals surface area contributed by atoms with Gasteiger partial charge >= 0.3 is 11.9 Å². The fourth-order valence-corrected chi connectivity index (χ4v) is 3.51. The van der Waals surface area contributed by atoms with Gasteiger partial charge in [0.2, 0.25) is 23.6 Å². The quantitative estimate of drug-likeness (QED) is 0.184. The molecule has 0 bridgehead atoms. The summed E-state index contributed by atoms with van der Waals surface area (Å²) in [6.07, 6.45) is -1.30. The second-order valence-electron chi connectivity index (χ2n) is 7.29. The Kier molecular flexibility index (Phi) is 11.9. The van der Waals surface area contributed by atoms with Crippen LogP contribution < -0.4 is 21.3 Å². The summed E-state index contributed by atoms with van der Waals surface area (Å²) in [5.74, 6) is -4.90. The Morgan fingerprint density at radius 1 is 0.719 bits per heavy atom. The van der Waals surface area contributed by atoms with Gasteiger partial charge in [0.1, 0.15) is 12.1 Å². The molecule has 4 atom stereocenters. The Morgan fingerprint density at radius 2 is 1.06 bits per heavy atom. The molecule has 4 amide bonds. The Morgan fingerprint density at radius 3 is 1.34 bits per heavy atom. The summed E-state index contributed by atoms with van der Waals surface area (Å²) in [6, 6.07) is -3.86. The van der Waals surface area contributed by atoms with E-state index in [1.54, 1.807) is 0 Å². The number of carbonyl (C=O) groups excluding carboxylic acids is 4. The molecule has 0 saturated carbocycles. The van der Waals surface area contributed by atoms with Gasteiger partial charge in [0, 0.05) is 49.3 Å². The molecule has 1 heterocycles. The SMILES string of the molecule is O=C(O)CC[C@H]1CC(=O)N[C@@H](CS)C(=O)N[C@@H](CCC(=O)O)CC(=O)NC(CS)C(=O)N1. The third-order valence-electron chi connectivity index (χ3n) is 4.64. The fraction of sp³-hybridized carbons (Fsp3) is 0.667. The normalized spacial score (nSPS) is 25.6. The Bertz CT molecular complexity index is 676. The van der Waals surface area contributed by atoms with E-state index in [0.29, 0.717) is 0 Å². The van der Waals surface area contributed by atoms with Crippen LogP contribution in [-0.2, 0) is 28.8 Å². The first kappa shape index (κ1) is 27.6. The molecule has 14 heteroatoms. The molecule has 1 aliphatic heterocycles. The smallest absolute Gasteiger partial charge is 0.303 e. The maximum Gasteiger partial charge on any atom is 0.303 e. The lowest BCUT2D eigenvalue weighted by Crippen LogP contribution is -2.55. The first-order valence-corrected chi connectivity index (χ1v) is 11.2. The molecule has 1 rings (SSSR count). The maximum absolute atomic E-state index is 12.6. The van der Waals surface area contributed by atoms with Crippen LogP contribution in [-0.4, -0.2) is 81.5 Å². The van der Waals surface area contributed by atoms with Gasteiger partial charge in [-0.2, -0.15) is 25.3 Å². The molecule has 32 heavy (non-hydrogen) atoms. The number of aliphatic carboxylic acids is 2. The molecule has 6 N–H and O–H groups in total. The predicted molar refractivity (Wildman–Crippen MR) is 118 cm³/mol. The number of carboxylic acids is 2. The van der Waals surface area contributed by atoms with Crippen molar-refractivity contribution in [1.29, 1.82) is 0 Å². The van der Waals surface area contributed by atoms with Crippen molar-refractivity contribution in [2.45, 2.75) is 62.7 Å². The molecule has 1 saturated heterocycles. The third-order valence-corrected chi connectivity index (χ3v) is 5.37. The molecule has 0 radical (unpaired) electrons. The van der Waals surface area contributed by atoms with E-state index in [9.17, 15) is 28.8 Å². The lowest BCUT2D eigenvalue weighted by atomic mass is 10.0. The number of thiol groups is 2. The third kappa shape index (κ3) is 10.2. The molecule has 0 aromatic heterocycles. The number of carbonyl (C=O) groups is 6. The Balaban J connectivity index is 3.12. The van der Waals surface area contributed by atoms with Gasteiger partial charge in [-0.3, -0.25) is 28.8 Å². The zero-order chi connectivity index (χ0) is 24.3. The van der Waals surface area contributed by atoms with Crippen LogP contribution >= 0.6 is 25.3 Å². The first-order valence-electron chi connectivity index (χ1n) is 9.90. The number of carboxylic acid groups (broad SMARTS) is 2. The lowest BCUT2D eigenvalue weighted by Gasteiger charge is -2.26. The number of hydrogen-bond donors (Lipinski definition) is 8. The minimum atomic E-state index is -1.11. The highest BCUT2D eigenvalue weighted by atomic mass is 32.1. The molecule has 0 aliphatic carbocycles. The van der Waals surface area contributed by atoms with Gasteiger partial charge < -0.3 is 31.5 Å². The second kappa shape index (κ2) is 13.8. The number of nitrogens with one attached hydrogen (secondary N) is 4. The summed E-state index contributed by atoms with van der Waals surface area (Å²) < 4.78 is 0. The minimum absolute atomic E-state index is 0.0449. The fourth-order valence-electron chi connectivity index (χ4n) is 2.99. The van der Waals surface area contributed by atoms with E-state index in [4.69, 9.17) is 10.2 Å². The van der Waals surface area contributed by atoms with Crippen LogP contribution in [0, 0.1) is 0 Å². The van der Waals surface area contributed by atoms with Gasteiger partial charge in [-0.1, -0.05) is 0 Å². The molecular formula is C18H28N4O8S2. The standard InChI is InChI=1S/C18H28N4O8S2/c23-13-5-9(1-3-15(25)26)19-17(29)11(7-31)22-14(24)6-10(2-4-16(27)28)20-18(30)12(8-32)21-13/h9-12,31-32H,1-8H2,(H,19,29)(H,20,30)(H,21,23)(H,22,24)(H,25,26)(H,27,28)/t9-,10-,11-,12?/m0/s1. The Hall–Kier alpha value is -2.48. The first-order chi connectivity index (χ1) is 15.0. The van der Waals surface area contributed by atoms with Crippen LogP contribution in [0.1, 0.15) is 38.5 Å². The van der Waals surface area contributed by atoms with Crippen molar-refractivity contribution in [1.82, 2.24) is 21.3 Å². The zero-order valence-electron chi connectivity index (χ0n) is 17.2.